The number of ether oxygens (including phenoxy) is 2. The molecule has 2 fully saturated rings. The molecule has 2 rings (SSSR count). The highest BCUT2D eigenvalue weighted by Gasteiger charge is 2.32. The summed E-state index contributed by atoms with van der Waals surface area (Å²) >= 11 is 0. The number of carboxylic acids is 1. The number of carboxylic acid groups (broad SMARTS) is 1. The van der Waals surface area contributed by atoms with Crippen LogP contribution in [0.1, 0.15) is 52.4 Å². The lowest BCUT2D eigenvalue weighted by Crippen LogP contribution is -2.29. The molecule has 0 aromatic carbocycles. The van der Waals surface area contributed by atoms with Crippen molar-refractivity contribution >= 4 is 5.97 Å². The van der Waals surface area contributed by atoms with E-state index in [-0.39, 0.29) is 6.10 Å². The first kappa shape index (κ1) is 13.8. The Bertz CT molecular complexity index is 290. The van der Waals surface area contributed by atoms with Crippen molar-refractivity contribution in [1.82, 2.24) is 0 Å². The third-order valence-electron chi connectivity index (χ3n) is 4.19. The Kier molecular flexibility index (Phi) is 4.28. The van der Waals surface area contributed by atoms with Crippen molar-refractivity contribution in [2.75, 3.05) is 6.61 Å². The topological polar surface area (TPSA) is 55.8 Å². The molecule has 2 aliphatic rings. The van der Waals surface area contributed by atoms with Gasteiger partial charge in [0.05, 0.1) is 18.8 Å². The Labute approximate surface area is 109 Å². The van der Waals surface area contributed by atoms with Crippen LogP contribution in [0.3, 0.4) is 0 Å². The molecule has 1 N–H and O–H groups in total. The lowest BCUT2D eigenvalue weighted by Gasteiger charge is -2.34. The van der Waals surface area contributed by atoms with Crippen LogP contribution >= 0.6 is 0 Å². The van der Waals surface area contributed by atoms with Crippen LogP contribution in [-0.4, -0.2) is 36.0 Å². The molecule has 2 unspecified atom stereocenters. The van der Waals surface area contributed by atoms with Crippen LogP contribution in [0.5, 0.6) is 0 Å². The number of rotatable bonds is 4. The van der Waals surface area contributed by atoms with Crippen LogP contribution in [0.25, 0.3) is 0 Å². The van der Waals surface area contributed by atoms with Gasteiger partial charge in [0, 0.05) is 0 Å². The second-order valence-electron chi connectivity index (χ2n) is 6.36. The van der Waals surface area contributed by atoms with Gasteiger partial charge in [-0.2, -0.15) is 0 Å². The van der Waals surface area contributed by atoms with Crippen molar-refractivity contribution in [2.45, 2.75) is 70.7 Å². The molecular formula is C14H24O4. The van der Waals surface area contributed by atoms with E-state index in [1.165, 1.54) is 12.8 Å². The van der Waals surface area contributed by atoms with E-state index in [1.54, 1.807) is 0 Å². The van der Waals surface area contributed by atoms with Crippen molar-refractivity contribution in [3.05, 3.63) is 0 Å². The minimum Gasteiger partial charge on any atom is -0.479 e. The van der Waals surface area contributed by atoms with Gasteiger partial charge in [0.15, 0.2) is 6.10 Å². The van der Waals surface area contributed by atoms with Gasteiger partial charge in [0.25, 0.3) is 0 Å². The highest BCUT2D eigenvalue weighted by atomic mass is 16.6. The van der Waals surface area contributed by atoms with Gasteiger partial charge in [-0.3, -0.25) is 0 Å². The molecule has 1 aliphatic carbocycles. The van der Waals surface area contributed by atoms with Gasteiger partial charge in [0.1, 0.15) is 0 Å². The molecule has 1 aliphatic heterocycles. The van der Waals surface area contributed by atoms with Crippen LogP contribution in [0.15, 0.2) is 0 Å². The highest BCUT2D eigenvalue weighted by Crippen LogP contribution is 2.36. The average Bonchev–Trinajstić information content (AvgIpc) is 2.76. The summed E-state index contributed by atoms with van der Waals surface area (Å²) in [7, 11) is 0. The van der Waals surface area contributed by atoms with E-state index < -0.39 is 12.1 Å². The molecule has 1 heterocycles. The Balaban J connectivity index is 1.66. The zero-order valence-electron chi connectivity index (χ0n) is 11.4. The lowest BCUT2D eigenvalue weighted by molar-refractivity contribution is -0.151. The maximum Gasteiger partial charge on any atom is 0.332 e. The standard InChI is InChI=1S/C14H24O4/c1-14(2)7-5-10(6-8-14)17-9-11-3-4-12(18-11)13(15)16/h10-12H,3-9H2,1-2H3,(H,15,16). The third kappa shape index (κ3) is 3.69. The fourth-order valence-electron chi connectivity index (χ4n) is 2.79. The zero-order chi connectivity index (χ0) is 13.2. The third-order valence-corrected chi connectivity index (χ3v) is 4.19. The second-order valence-corrected chi connectivity index (χ2v) is 6.36. The average molecular weight is 256 g/mol. The van der Waals surface area contributed by atoms with Gasteiger partial charge in [-0.15, -0.1) is 0 Å². The van der Waals surface area contributed by atoms with Crippen LogP contribution in [-0.2, 0) is 14.3 Å². The fraction of sp³-hybridized carbons (Fsp3) is 0.929. The van der Waals surface area contributed by atoms with E-state index in [4.69, 9.17) is 14.6 Å². The quantitative estimate of drug-likeness (QED) is 0.840. The molecule has 4 heteroatoms. The number of hydrogen-bond donors (Lipinski definition) is 1. The molecule has 0 radical (unpaired) electrons. The van der Waals surface area contributed by atoms with Crippen LogP contribution in [0.2, 0.25) is 0 Å². The summed E-state index contributed by atoms with van der Waals surface area (Å²) in [6.45, 7) is 5.16. The summed E-state index contributed by atoms with van der Waals surface area (Å²) in [4.78, 5) is 10.8. The Hall–Kier alpha value is -0.610. The van der Waals surface area contributed by atoms with E-state index in [2.05, 4.69) is 13.8 Å². The van der Waals surface area contributed by atoms with Crippen molar-refractivity contribution < 1.29 is 19.4 Å². The van der Waals surface area contributed by atoms with Gasteiger partial charge < -0.3 is 14.6 Å². The minimum atomic E-state index is -0.850. The number of aliphatic carboxylic acids is 1. The molecule has 0 amide bonds. The van der Waals surface area contributed by atoms with E-state index in [1.807, 2.05) is 0 Å². The van der Waals surface area contributed by atoms with Crippen molar-refractivity contribution in [2.24, 2.45) is 5.41 Å². The van der Waals surface area contributed by atoms with E-state index in [9.17, 15) is 4.79 Å². The van der Waals surface area contributed by atoms with Crippen molar-refractivity contribution in [3.8, 4) is 0 Å². The summed E-state index contributed by atoms with van der Waals surface area (Å²) in [6.07, 6.45) is 5.75. The summed E-state index contributed by atoms with van der Waals surface area (Å²) in [5.41, 5.74) is 0.456. The molecular weight excluding hydrogens is 232 g/mol. The molecule has 104 valence electrons. The first-order chi connectivity index (χ1) is 8.46. The molecule has 0 spiro atoms. The smallest absolute Gasteiger partial charge is 0.332 e. The Morgan fingerprint density at radius 2 is 1.94 bits per heavy atom. The van der Waals surface area contributed by atoms with Crippen LogP contribution < -0.4 is 0 Å². The predicted octanol–water partition coefficient (Wildman–Crippen LogP) is 2.60. The van der Waals surface area contributed by atoms with Crippen LogP contribution in [0, 0.1) is 5.41 Å². The van der Waals surface area contributed by atoms with E-state index >= 15 is 0 Å². The number of carbonyl (C=O) groups is 1. The molecule has 4 nitrogen and oxygen atoms in total. The van der Waals surface area contributed by atoms with Crippen LogP contribution in [0.4, 0.5) is 0 Å². The fourth-order valence-corrected chi connectivity index (χ4v) is 2.79. The molecule has 18 heavy (non-hydrogen) atoms. The van der Waals surface area contributed by atoms with Crippen molar-refractivity contribution in [3.63, 3.8) is 0 Å². The molecule has 1 saturated heterocycles. The van der Waals surface area contributed by atoms with Crippen molar-refractivity contribution in [1.29, 1.82) is 0 Å². The SMILES string of the molecule is CC1(C)CCC(OCC2CCC(C(=O)O)O2)CC1. The lowest BCUT2D eigenvalue weighted by atomic mass is 9.76. The minimum absolute atomic E-state index is 0.0268. The first-order valence-electron chi connectivity index (χ1n) is 6.96. The maximum absolute atomic E-state index is 10.8. The van der Waals surface area contributed by atoms with Gasteiger partial charge >= 0.3 is 5.97 Å². The van der Waals surface area contributed by atoms with Gasteiger partial charge in [0.2, 0.25) is 0 Å². The second kappa shape index (κ2) is 5.57. The van der Waals surface area contributed by atoms with E-state index in [0.29, 0.717) is 24.5 Å². The van der Waals surface area contributed by atoms with Gasteiger partial charge in [-0.1, -0.05) is 13.8 Å². The molecule has 0 bridgehead atoms. The molecule has 0 aromatic rings. The van der Waals surface area contributed by atoms with Gasteiger partial charge in [-0.05, 0) is 43.9 Å². The van der Waals surface area contributed by atoms with Gasteiger partial charge in [-0.25, -0.2) is 4.79 Å². The Morgan fingerprint density at radius 1 is 1.28 bits per heavy atom. The predicted molar refractivity (Wildman–Crippen MR) is 67.5 cm³/mol. The van der Waals surface area contributed by atoms with E-state index in [0.717, 1.165) is 19.3 Å². The molecule has 2 atom stereocenters. The first-order valence-corrected chi connectivity index (χ1v) is 6.96. The zero-order valence-corrected chi connectivity index (χ0v) is 11.4. The summed E-state index contributed by atoms with van der Waals surface area (Å²) in [5.74, 6) is -0.850. The highest BCUT2D eigenvalue weighted by molar-refractivity contribution is 5.72. The summed E-state index contributed by atoms with van der Waals surface area (Å²) in [6, 6.07) is 0. The maximum atomic E-state index is 10.8. The normalized spacial score (nSPS) is 32.6. The largest absolute Gasteiger partial charge is 0.479 e. The summed E-state index contributed by atoms with van der Waals surface area (Å²) < 4.78 is 11.3. The Morgan fingerprint density at radius 3 is 2.50 bits per heavy atom. The number of hydrogen-bond acceptors (Lipinski definition) is 3. The molecule has 1 saturated carbocycles. The monoisotopic (exact) mass is 256 g/mol. The summed E-state index contributed by atoms with van der Waals surface area (Å²) in [5, 5.41) is 8.84. The molecule has 0 aromatic heterocycles.